The van der Waals surface area contributed by atoms with Crippen molar-refractivity contribution in [1.82, 2.24) is 0 Å². The highest BCUT2D eigenvalue weighted by Crippen LogP contribution is 2.57. The molecule has 1 heterocycles. The summed E-state index contributed by atoms with van der Waals surface area (Å²) in [5.41, 5.74) is 0. The lowest BCUT2D eigenvalue weighted by Crippen LogP contribution is -2.31. The molecule has 1 saturated heterocycles. The average Bonchev–Trinajstić information content (AvgIpc) is 2.62. The van der Waals surface area contributed by atoms with Crippen molar-refractivity contribution in [2.45, 2.75) is 11.3 Å². The summed E-state index contributed by atoms with van der Waals surface area (Å²) in [4.78, 5) is 21.9. The third-order valence-corrected chi connectivity index (χ3v) is 3.75. The van der Waals surface area contributed by atoms with Crippen molar-refractivity contribution >= 4 is 23.5 Å². The highest BCUT2D eigenvalue weighted by Gasteiger charge is 2.64. The number of halogens is 1. The van der Waals surface area contributed by atoms with Gasteiger partial charge in [0.15, 0.2) is 0 Å². The van der Waals surface area contributed by atoms with E-state index in [0.717, 1.165) is 0 Å². The van der Waals surface area contributed by atoms with Gasteiger partial charge >= 0.3 is 11.9 Å². The second-order valence-electron chi connectivity index (χ2n) is 3.90. The van der Waals surface area contributed by atoms with E-state index in [-0.39, 0.29) is 11.8 Å². The van der Waals surface area contributed by atoms with Gasteiger partial charge in [0.25, 0.3) is 0 Å². The number of carbonyl (C=O) groups is 2. The van der Waals surface area contributed by atoms with Crippen LogP contribution in [0.4, 0.5) is 0 Å². The molecule has 3 aliphatic rings. The molecule has 0 aromatic heterocycles. The molecule has 0 amide bonds. The number of hydrogen-bond acceptors (Lipinski definition) is 3. The van der Waals surface area contributed by atoms with E-state index in [9.17, 15) is 9.59 Å². The number of allylic oxidation sites excluding steroid dienone is 2. The van der Waals surface area contributed by atoms with E-state index < -0.39 is 22.7 Å². The quantitative estimate of drug-likeness (QED) is 0.251. The fraction of sp³-hybridized carbons (Fsp3) is 0.556. The molecule has 4 unspecified atom stereocenters. The molecule has 0 aromatic rings. The van der Waals surface area contributed by atoms with Crippen molar-refractivity contribution in [1.29, 1.82) is 0 Å². The van der Waals surface area contributed by atoms with Gasteiger partial charge in [0.2, 0.25) is 0 Å². The summed E-state index contributed by atoms with van der Waals surface area (Å²) in [5.74, 6) is -1.48. The molecule has 4 heteroatoms. The lowest BCUT2D eigenvalue weighted by Gasteiger charge is -2.20. The van der Waals surface area contributed by atoms with Crippen LogP contribution in [-0.2, 0) is 14.3 Å². The maximum absolute atomic E-state index is 11.3. The lowest BCUT2D eigenvalue weighted by molar-refractivity contribution is -0.154. The topological polar surface area (TPSA) is 43.4 Å². The largest absolute Gasteiger partial charge is 0.393 e. The molecule has 0 N–H and O–H groups in total. The molecule has 3 rings (SSSR count). The van der Waals surface area contributed by atoms with Crippen LogP contribution in [0.25, 0.3) is 0 Å². The van der Waals surface area contributed by atoms with Gasteiger partial charge in [0, 0.05) is 0 Å². The predicted molar refractivity (Wildman–Crippen MR) is 43.9 cm³/mol. The van der Waals surface area contributed by atoms with Crippen LogP contribution in [0.1, 0.15) is 6.42 Å². The molecule has 1 aliphatic heterocycles. The molecule has 3 nitrogen and oxygen atoms in total. The van der Waals surface area contributed by atoms with Crippen LogP contribution >= 0.6 is 11.6 Å². The standard InChI is InChI=1S/C9H7ClO3/c10-9-2-1-4(3-9)5-6(9)8(12)13-7(5)11/h1-2,4-6H,3H2. The van der Waals surface area contributed by atoms with Crippen LogP contribution < -0.4 is 0 Å². The summed E-state index contributed by atoms with van der Waals surface area (Å²) in [5, 5.41) is 0. The minimum atomic E-state index is -0.640. The van der Waals surface area contributed by atoms with Crippen molar-refractivity contribution in [2.24, 2.45) is 17.8 Å². The van der Waals surface area contributed by atoms with E-state index in [1.165, 1.54) is 0 Å². The Morgan fingerprint density at radius 3 is 2.92 bits per heavy atom. The van der Waals surface area contributed by atoms with Gasteiger partial charge in [-0.2, -0.15) is 0 Å². The van der Waals surface area contributed by atoms with Crippen LogP contribution in [-0.4, -0.2) is 16.8 Å². The highest BCUT2D eigenvalue weighted by atomic mass is 35.5. The molecule has 13 heavy (non-hydrogen) atoms. The van der Waals surface area contributed by atoms with Crippen LogP contribution in [0.3, 0.4) is 0 Å². The number of ether oxygens (including phenoxy) is 1. The number of cyclic esters (lactones) is 2. The lowest BCUT2D eigenvalue weighted by atomic mass is 9.85. The molecule has 2 fully saturated rings. The molecular weight excluding hydrogens is 192 g/mol. The summed E-state index contributed by atoms with van der Waals surface area (Å²) in [6.07, 6.45) is 4.46. The van der Waals surface area contributed by atoms with Gasteiger partial charge in [-0.3, -0.25) is 9.59 Å². The molecule has 1 saturated carbocycles. The zero-order valence-corrected chi connectivity index (χ0v) is 7.45. The Morgan fingerprint density at radius 2 is 2.23 bits per heavy atom. The molecule has 0 radical (unpaired) electrons. The number of hydrogen-bond donors (Lipinski definition) is 0. The first-order valence-electron chi connectivity index (χ1n) is 4.26. The minimum absolute atomic E-state index is 0.112. The summed E-state index contributed by atoms with van der Waals surface area (Å²) < 4.78 is 4.57. The fourth-order valence-electron chi connectivity index (χ4n) is 2.69. The second-order valence-corrected chi connectivity index (χ2v) is 4.60. The van der Waals surface area contributed by atoms with Crippen molar-refractivity contribution < 1.29 is 14.3 Å². The number of esters is 2. The predicted octanol–water partition coefficient (Wildman–Crippen LogP) is 0.869. The number of rotatable bonds is 0. The first-order chi connectivity index (χ1) is 6.12. The summed E-state index contributed by atoms with van der Waals surface area (Å²) in [6, 6.07) is 0. The van der Waals surface area contributed by atoms with Gasteiger partial charge in [0.1, 0.15) is 0 Å². The normalized spacial score (nSPS) is 51.3. The van der Waals surface area contributed by atoms with Crippen LogP contribution in [0.2, 0.25) is 0 Å². The zero-order chi connectivity index (χ0) is 9.22. The van der Waals surface area contributed by atoms with Crippen LogP contribution in [0, 0.1) is 17.8 Å². The van der Waals surface area contributed by atoms with E-state index in [0.29, 0.717) is 6.42 Å². The Bertz CT molecular complexity index is 349. The average molecular weight is 199 g/mol. The molecular formula is C9H7ClO3. The molecule has 68 valence electrons. The van der Waals surface area contributed by atoms with Crippen molar-refractivity contribution in [2.75, 3.05) is 0 Å². The van der Waals surface area contributed by atoms with Gasteiger partial charge < -0.3 is 4.74 Å². The van der Waals surface area contributed by atoms with E-state index >= 15 is 0 Å². The van der Waals surface area contributed by atoms with Crippen molar-refractivity contribution in [3.8, 4) is 0 Å². The van der Waals surface area contributed by atoms with Crippen LogP contribution in [0.5, 0.6) is 0 Å². The monoisotopic (exact) mass is 198 g/mol. The van der Waals surface area contributed by atoms with E-state index in [1.807, 2.05) is 12.2 Å². The smallest absolute Gasteiger partial charge is 0.319 e. The van der Waals surface area contributed by atoms with E-state index in [2.05, 4.69) is 4.74 Å². The fourth-order valence-corrected chi connectivity index (χ4v) is 3.16. The van der Waals surface area contributed by atoms with Gasteiger partial charge in [-0.25, -0.2) is 0 Å². The maximum Gasteiger partial charge on any atom is 0.319 e. The number of carbonyl (C=O) groups excluding carboxylic acids is 2. The van der Waals surface area contributed by atoms with Crippen molar-refractivity contribution in [3.63, 3.8) is 0 Å². The molecule has 2 aliphatic carbocycles. The molecule has 2 bridgehead atoms. The Morgan fingerprint density at radius 1 is 1.46 bits per heavy atom. The van der Waals surface area contributed by atoms with Gasteiger partial charge in [0.05, 0.1) is 16.7 Å². The molecule has 4 atom stereocenters. The van der Waals surface area contributed by atoms with Crippen molar-refractivity contribution in [3.05, 3.63) is 12.2 Å². The number of fused-ring (bicyclic) bond motifs is 5. The third-order valence-electron chi connectivity index (χ3n) is 3.23. The highest BCUT2D eigenvalue weighted by molar-refractivity contribution is 6.28. The van der Waals surface area contributed by atoms with E-state index in [4.69, 9.17) is 11.6 Å². The Labute approximate surface area is 79.7 Å². The SMILES string of the molecule is O=C1OC(=O)C2C1C1C=CC2(Cl)C1. The number of alkyl halides is 1. The van der Waals surface area contributed by atoms with E-state index in [1.54, 1.807) is 0 Å². The van der Waals surface area contributed by atoms with Gasteiger partial charge in [-0.1, -0.05) is 12.2 Å². The maximum atomic E-state index is 11.3. The Kier molecular flexibility index (Phi) is 1.15. The second kappa shape index (κ2) is 1.98. The first-order valence-corrected chi connectivity index (χ1v) is 4.63. The van der Waals surface area contributed by atoms with Crippen LogP contribution in [0.15, 0.2) is 12.2 Å². The minimum Gasteiger partial charge on any atom is -0.393 e. The third kappa shape index (κ3) is 0.718. The summed E-state index contributed by atoms with van der Waals surface area (Å²) in [6.45, 7) is 0. The first kappa shape index (κ1) is 7.56. The Balaban J connectivity index is 2.13. The Hall–Kier alpha value is -0.830. The molecule has 0 aromatic carbocycles. The zero-order valence-electron chi connectivity index (χ0n) is 6.70. The summed E-state index contributed by atoms with van der Waals surface area (Å²) >= 11 is 6.22. The molecule has 0 spiro atoms. The summed E-state index contributed by atoms with van der Waals surface area (Å²) in [7, 11) is 0. The van der Waals surface area contributed by atoms with Gasteiger partial charge in [-0.15, -0.1) is 11.6 Å². The van der Waals surface area contributed by atoms with Gasteiger partial charge in [-0.05, 0) is 12.3 Å².